The van der Waals surface area contributed by atoms with Gasteiger partial charge in [0.1, 0.15) is 11.1 Å². The second-order valence-corrected chi connectivity index (χ2v) is 5.96. The quantitative estimate of drug-likeness (QED) is 0.738. The van der Waals surface area contributed by atoms with E-state index in [-0.39, 0.29) is 0 Å². The Kier molecular flexibility index (Phi) is 3.72. The molecule has 1 aromatic carbocycles. The lowest BCUT2D eigenvalue weighted by molar-refractivity contribution is 0.914. The topological polar surface area (TPSA) is 62.5 Å². The molecule has 0 saturated heterocycles. The lowest BCUT2D eigenvalue weighted by Gasteiger charge is -1.96. The summed E-state index contributed by atoms with van der Waals surface area (Å²) in [4.78, 5) is 4.57. The Hall–Kier alpha value is -2.23. The van der Waals surface area contributed by atoms with Crippen molar-refractivity contribution in [3.8, 4) is 17.3 Å². The first kappa shape index (κ1) is 12.8. The molecule has 0 radical (unpaired) electrons. The third kappa shape index (κ3) is 2.85. The molecule has 0 aliphatic rings. The number of hydrogen-bond acceptors (Lipinski definition) is 6. The fraction of sp³-hybridized carbons (Fsp3) is 0. The first-order valence-corrected chi connectivity index (χ1v) is 7.47. The summed E-state index contributed by atoms with van der Waals surface area (Å²) in [5.41, 5.74) is 2.37. The normalized spacial score (nSPS) is 10.2. The minimum atomic E-state index is 0.318. The Morgan fingerprint density at radius 3 is 2.60 bits per heavy atom. The van der Waals surface area contributed by atoms with Gasteiger partial charge in [-0.05, 0) is 23.9 Å². The van der Waals surface area contributed by atoms with Crippen LogP contribution in [0.2, 0.25) is 0 Å². The van der Waals surface area contributed by atoms with Gasteiger partial charge in [-0.2, -0.15) is 5.26 Å². The molecular weight excluding hydrogens is 288 g/mol. The number of rotatable bonds is 3. The third-order valence-electron chi connectivity index (χ3n) is 2.50. The van der Waals surface area contributed by atoms with Gasteiger partial charge in [0.15, 0.2) is 10.0 Å². The van der Waals surface area contributed by atoms with Crippen LogP contribution >= 0.6 is 23.1 Å². The van der Waals surface area contributed by atoms with Crippen LogP contribution in [0, 0.1) is 11.3 Å². The van der Waals surface area contributed by atoms with Crippen LogP contribution in [0.1, 0.15) is 5.69 Å². The van der Waals surface area contributed by atoms with E-state index in [0.29, 0.717) is 5.69 Å². The predicted octanol–water partition coefficient (Wildman–Crippen LogP) is 3.62. The van der Waals surface area contributed by atoms with Crippen molar-refractivity contribution in [1.29, 1.82) is 5.26 Å². The highest BCUT2D eigenvalue weighted by Gasteiger charge is 2.07. The van der Waals surface area contributed by atoms with E-state index in [0.717, 1.165) is 20.6 Å². The van der Waals surface area contributed by atoms with Gasteiger partial charge in [0, 0.05) is 10.9 Å². The molecule has 0 saturated carbocycles. The van der Waals surface area contributed by atoms with Crippen molar-refractivity contribution in [2.45, 2.75) is 9.37 Å². The lowest BCUT2D eigenvalue weighted by atomic mass is 10.2. The largest absolute Gasteiger partial charge is 0.229 e. The fourth-order valence-electron chi connectivity index (χ4n) is 1.57. The summed E-state index contributed by atoms with van der Waals surface area (Å²) in [5, 5.41) is 19.2. The summed E-state index contributed by atoms with van der Waals surface area (Å²) >= 11 is 3.01. The maximum Gasteiger partial charge on any atom is 0.163 e. The van der Waals surface area contributed by atoms with Gasteiger partial charge in [-0.15, -0.1) is 21.5 Å². The average molecular weight is 296 g/mol. The number of aromatic nitrogens is 3. The van der Waals surface area contributed by atoms with Crippen molar-refractivity contribution < 1.29 is 0 Å². The smallest absolute Gasteiger partial charge is 0.163 e. The zero-order valence-electron chi connectivity index (χ0n) is 10.2. The highest BCUT2D eigenvalue weighted by Crippen LogP contribution is 2.31. The fourth-order valence-corrected chi connectivity index (χ4v) is 3.26. The molecule has 0 atom stereocenters. The number of nitriles is 1. The average Bonchev–Trinajstić information content (AvgIpc) is 2.97. The SMILES string of the molecule is N#Cc1ccc(Sc2nc(-c3ccccc3)cs2)nn1. The molecule has 2 aromatic heterocycles. The molecule has 0 spiro atoms. The van der Waals surface area contributed by atoms with Crippen molar-refractivity contribution in [3.63, 3.8) is 0 Å². The summed E-state index contributed by atoms with van der Waals surface area (Å²) in [6, 6.07) is 15.4. The van der Waals surface area contributed by atoms with Gasteiger partial charge in [-0.3, -0.25) is 0 Å². The van der Waals surface area contributed by atoms with Crippen LogP contribution in [-0.4, -0.2) is 15.2 Å². The third-order valence-corrected chi connectivity index (χ3v) is 4.36. The van der Waals surface area contributed by atoms with Crippen molar-refractivity contribution >= 4 is 23.1 Å². The van der Waals surface area contributed by atoms with E-state index in [9.17, 15) is 0 Å². The van der Waals surface area contributed by atoms with Crippen LogP contribution in [0.3, 0.4) is 0 Å². The summed E-state index contributed by atoms with van der Waals surface area (Å²) in [5.74, 6) is 0. The lowest BCUT2D eigenvalue weighted by Crippen LogP contribution is -1.88. The zero-order chi connectivity index (χ0) is 13.8. The molecule has 0 unspecified atom stereocenters. The van der Waals surface area contributed by atoms with Gasteiger partial charge >= 0.3 is 0 Å². The van der Waals surface area contributed by atoms with E-state index >= 15 is 0 Å². The summed E-state index contributed by atoms with van der Waals surface area (Å²) < 4.78 is 0.905. The minimum absolute atomic E-state index is 0.318. The number of hydrogen-bond donors (Lipinski definition) is 0. The van der Waals surface area contributed by atoms with Crippen LogP contribution in [0.15, 0.2) is 57.2 Å². The second kappa shape index (κ2) is 5.82. The Balaban J connectivity index is 1.79. The minimum Gasteiger partial charge on any atom is -0.229 e. The zero-order valence-corrected chi connectivity index (χ0v) is 11.9. The summed E-state index contributed by atoms with van der Waals surface area (Å²) in [7, 11) is 0. The standard InChI is InChI=1S/C14H8N4S2/c15-8-11-6-7-13(18-17-11)20-14-16-12(9-19-14)10-4-2-1-3-5-10/h1-7,9H. The predicted molar refractivity (Wildman–Crippen MR) is 78.4 cm³/mol. The Morgan fingerprint density at radius 2 is 1.90 bits per heavy atom. The first-order valence-electron chi connectivity index (χ1n) is 5.78. The molecule has 96 valence electrons. The van der Waals surface area contributed by atoms with Gasteiger partial charge in [0.05, 0.1) is 5.69 Å². The number of benzene rings is 1. The van der Waals surface area contributed by atoms with Gasteiger partial charge < -0.3 is 0 Å². The van der Waals surface area contributed by atoms with Crippen molar-refractivity contribution in [2.75, 3.05) is 0 Å². The molecular formula is C14H8N4S2. The van der Waals surface area contributed by atoms with Gasteiger partial charge in [0.25, 0.3) is 0 Å². The van der Waals surface area contributed by atoms with Gasteiger partial charge in [-0.25, -0.2) is 4.98 Å². The molecule has 0 N–H and O–H groups in total. The van der Waals surface area contributed by atoms with Crippen LogP contribution in [-0.2, 0) is 0 Å². The molecule has 0 amide bonds. The van der Waals surface area contributed by atoms with Crippen molar-refractivity contribution in [1.82, 2.24) is 15.2 Å². The molecule has 0 fully saturated rings. The van der Waals surface area contributed by atoms with Gasteiger partial charge in [-0.1, -0.05) is 30.3 Å². The van der Waals surface area contributed by atoms with Crippen molar-refractivity contribution in [3.05, 3.63) is 53.5 Å². The number of thiazole rings is 1. The highest BCUT2D eigenvalue weighted by molar-refractivity contribution is 8.01. The van der Waals surface area contributed by atoms with Gasteiger partial charge in [0.2, 0.25) is 0 Å². The maximum atomic E-state index is 8.68. The Labute approximate surface area is 124 Å². The molecule has 0 aliphatic heterocycles. The van der Waals surface area contributed by atoms with Crippen LogP contribution in [0.25, 0.3) is 11.3 Å². The van der Waals surface area contributed by atoms with Crippen molar-refractivity contribution in [2.24, 2.45) is 0 Å². The van der Waals surface area contributed by atoms with Crippen LogP contribution < -0.4 is 0 Å². The Morgan fingerprint density at radius 1 is 1.05 bits per heavy atom. The van der Waals surface area contributed by atoms with E-state index in [1.54, 1.807) is 23.5 Å². The van der Waals surface area contributed by atoms with E-state index in [2.05, 4.69) is 15.2 Å². The first-order chi connectivity index (χ1) is 9.85. The second-order valence-electron chi connectivity index (χ2n) is 3.84. The molecule has 0 aliphatic carbocycles. The molecule has 4 nitrogen and oxygen atoms in total. The van der Waals surface area contributed by atoms with Crippen LogP contribution in [0.5, 0.6) is 0 Å². The molecule has 2 heterocycles. The molecule has 3 aromatic rings. The monoisotopic (exact) mass is 296 g/mol. The maximum absolute atomic E-state index is 8.68. The number of nitrogens with zero attached hydrogens (tertiary/aromatic N) is 4. The van der Waals surface area contributed by atoms with E-state index in [1.807, 2.05) is 41.8 Å². The van der Waals surface area contributed by atoms with Crippen LogP contribution in [0.4, 0.5) is 0 Å². The summed E-state index contributed by atoms with van der Waals surface area (Å²) in [6.07, 6.45) is 0. The molecule has 3 rings (SSSR count). The highest BCUT2D eigenvalue weighted by atomic mass is 32.2. The molecule has 20 heavy (non-hydrogen) atoms. The Bertz CT molecular complexity index is 745. The van der Waals surface area contributed by atoms with E-state index in [1.165, 1.54) is 11.8 Å². The molecule has 6 heteroatoms. The van der Waals surface area contributed by atoms with E-state index in [4.69, 9.17) is 5.26 Å². The van der Waals surface area contributed by atoms with E-state index < -0.39 is 0 Å². The summed E-state index contributed by atoms with van der Waals surface area (Å²) in [6.45, 7) is 0. The molecule has 0 bridgehead atoms.